The molecule has 0 atom stereocenters. The maximum Gasteiger partial charge on any atom is 0.262 e. The number of para-hydroxylation sites is 2. The van der Waals surface area contributed by atoms with Crippen molar-refractivity contribution in [2.45, 2.75) is 104 Å². The molecule has 0 spiro atoms. The Hall–Kier alpha value is -1.20. The van der Waals surface area contributed by atoms with Crippen LogP contribution in [-0.4, -0.2) is 67.9 Å². The van der Waals surface area contributed by atoms with Gasteiger partial charge in [-0.25, -0.2) is 0 Å². The Balaban J connectivity index is 0.00000486. The van der Waals surface area contributed by atoms with E-state index in [9.17, 15) is 0 Å². The van der Waals surface area contributed by atoms with Gasteiger partial charge in [-0.2, -0.15) is 4.57 Å². The third-order valence-corrected chi connectivity index (χ3v) is 14.0. The molecule has 4 rings (SSSR count). The van der Waals surface area contributed by atoms with Crippen LogP contribution in [0.2, 0.25) is 0 Å². The lowest BCUT2D eigenvalue weighted by atomic mass is 10.1. The fourth-order valence-corrected chi connectivity index (χ4v) is 9.92. The Bertz CT molecular complexity index is 1570. The molecule has 0 saturated carbocycles. The molecule has 1 aliphatic rings. The van der Waals surface area contributed by atoms with Gasteiger partial charge < -0.3 is 64.8 Å². The number of anilines is 1. The fourth-order valence-electron chi connectivity index (χ4n) is 7.72. The normalized spacial score (nSPS) is 14.0. The highest BCUT2D eigenvalue weighted by atomic mass is 79.9. The molecule has 0 amide bonds. The number of hydrogen-bond donors (Lipinski definition) is 0. The SMILES string of the molecule is CC[N+](CC)(CC)CCCCCCN1C(=CC=CC=CC=Cc2sc3ccccc3[n+]2CCCCCC[N+](CC)(CC)CC)Sc2ccccc21.[Br-].[Br-].[Br-]. The van der Waals surface area contributed by atoms with Crippen LogP contribution in [0.25, 0.3) is 16.3 Å². The third kappa shape index (κ3) is 14.6. The smallest absolute Gasteiger partial charge is 0.262 e. The number of quaternary nitrogens is 2. The van der Waals surface area contributed by atoms with Crippen molar-refractivity contribution in [3.05, 3.63) is 95.0 Å². The van der Waals surface area contributed by atoms with E-state index in [1.54, 1.807) is 0 Å². The molecule has 0 saturated heterocycles. The summed E-state index contributed by atoms with van der Waals surface area (Å²) >= 11 is 3.80. The van der Waals surface area contributed by atoms with E-state index in [1.165, 1.54) is 144 Å². The number of allylic oxidation sites excluding steroid dienone is 6. The summed E-state index contributed by atoms with van der Waals surface area (Å²) in [5, 5.41) is 2.67. The summed E-state index contributed by atoms with van der Waals surface area (Å²) in [5.74, 6) is 0. The van der Waals surface area contributed by atoms with Crippen LogP contribution in [-0.2, 0) is 6.54 Å². The Kier molecular flexibility index (Phi) is 25.8. The van der Waals surface area contributed by atoms with Gasteiger partial charge in [-0.1, -0.05) is 84.2 Å². The van der Waals surface area contributed by atoms with E-state index in [1.807, 2.05) is 23.1 Å². The Morgan fingerprint density at radius 3 is 1.78 bits per heavy atom. The van der Waals surface area contributed by atoms with E-state index in [0.717, 1.165) is 13.1 Å². The number of unbranched alkanes of at least 4 members (excludes halogenated alkanes) is 6. The van der Waals surface area contributed by atoms with Gasteiger partial charge in [-0.3, -0.25) is 0 Å². The molecular formula is C45H69Br3N4S2. The quantitative estimate of drug-likeness (QED) is 0.0591. The highest BCUT2D eigenvalue weighted by molar-refractivity contribution is 8.03. The first-order valence-electron chi connectivity index (χ1n) is 20.3. The largest absolute Gasteiger partial charge is 1.00 e. The lowest BCUT2D eigenvalue weighted by molar-refractivity contribution is -0.923. The molecule has 0 unspecified atom stereocenters. The summed E-state index contributed by atoms with van der Waals surface area (Å²) in [7, 11) is 0. The van der Waals surface area contributed by atoms with Gasteiger partial charge in [0.1, 0.15) is 4.70 Å². The first-order chi connectivity index (χ1) is 25.0. The van der Waals surface area contributed by atoms with Crippen LogP contribution < -0.4 is 60.4 Å². The third-order valence-electron chi connectivity index (χ3n) is 11.7. The molecule has 1 aliphatic heterocycles. The first-order valence-corrected chi connectivity index (χ1v) is 22.0. The Morgan fingerprint density at radius 1 is 0.593 bits per heavy atom. The van der Waals surface area contributed by atoms with Gasteiger partial charge in [0.2, 0.25) is 5.52 Å². The number of aryl methyl sites for hydroxylation is 1. The summed E-state index contributed by atoms with van der Waals surface area (Å²) in [4.78, 5) is 3.90. The number of thiazole rings is 1. The van der Waals surface area contributed by atoms with E-state index in [4.69, 9.17) is 0 Å². The highest BCUT2D eigenvalue weighted by Crippen LogP contribution is 2.45. The molecule has 0 radical (unpaired) electrons. The predicted octanol–water partition coefficient (Wildman–Crippen LogP) is 2.65. The number of rotatable bonds is 24. The standard InChI is InChI=1S/C45H69N4S2.3BrH/c1-7-48(8-2,9-3)38-28-18-16-26-36-46-40-30-22-24-32-42(40)50-44(46)34-20-14-13-15-21-35-45-47(41-31-23-25-33-43(41)51-45)37-27-17-19-29-39-49(10-4,11-5)12-6;;;/h13-15,20-25,30-35H,7-12,16-19,26-29,36-39H2,1-6H3;3*1H/q+3;;;/p-3. The van der Waals surface area contributed by atoms with E-state index in [-0.39, 0.29) is 50.9 Å². The summed E-state index contributed by atoms with van der Waals surface area (Å²) in [6.07, 6.45) is 25.9. The molecule has 0 aliphatic carbocycles. The van der Waals surface area contributed by atoms with Crippen molar-refractivity contribution >= 4 is 45.1 Å². The Labute approximate surface area is 370 Å². The first kappa shape index (κ1) is 50.8. The van der Waals surface area contributed by atoms with Gasteiger partial charge in [-0.15, -0.1) is 0 Å². The van der Waals surface area contributed by atoms with Gasteiger partial charge in [0, 0.05) is 30.0 Å². The molecule has 2 aromatic carbocycles. The highest BCUT2D eigenvalue weighted by Gasteiger charge is 2.24. The van der Waals surface area contributed by atoms with Crippen molar-refractivity contribution in [2.75, 3.05) is 63.8 Å². The molecular weight excluding hydrogens is 900 g/mol. The van der Waals surface area contributed by atoms with Crippen molar-refractivity contribution in [1.29, 1.82) is 0 Å². The minimum atomic E-state index is 0. The van der Waals surface area contributed by atoms with Gasteiger partial charge in [-0.05, 0) is 104 Å². The molecule has 1 aromatic heterocycles. The molecule has 2 heterocycles. The number of aromatic nitrogens is 1. The van der Waals surface area contributed by atoms with Crippen molar-refractivity contribution in [3.63, 3.8) is 0 Å². The second-order valence-electron chi connectivity index (χ2n) is 14.3. The molecule has 0 bridgehead atoms. The number of hydrogen-bond acceptors (Lipinski definition) is 3. The average Bonchev–Trinajstić information content (AvgIpc) is 3.71. The number of nitrogens with zero attached hydrogens (tertiary/aromatic N) is 4. The topological polar surface area (TPSA) is 7.12 Å². The number of benzene rings is 2. The zero-order valence-electron chi connectivity index (χ0n) is 34.1. The van der Waals surface area contributed by atoms with Crippen LogP contribution in [0.1, 0.15) is 97.9 Å². The summed E-state index contributed by atoms with van der Waals surface area (Å²) < 4.78 is 6.44. The van der Waals surface area contributed by atoms with Crippen LogP contribution in [0.5, 0.6) is 0 Å². The average molecular weight is 970 g/mol. The number of thioether (sulfide) groups is 1. The molecule has 302 valence electrons. The van der Waals surface area contributed by atoms with Crippen LogP contribution >= 0.6 is 23.1 Å². The van der Waals surface area contributed by atoms with Crippen molar-refractivity contribution in [1.82, 2.24) is 0 Å². The van der Waals surface area contributed by atoms with E-state index < -0.39 is 0 Å². The van der Waals surface area contributed by atoms with E-state index in [2.05, 4.69) is 142 Å². The van der Waals surface area contributed by atoms with Crippen LogP contribution in [0, 0.1) is 0 Å². The summed E-state index contributed by atoms with van der Waals surface area (Å²) in [5.41, 5.74) is 2.73. The molecule has 4 nitrogen and oxygen atoms in total. The van der Waals surface area contributed by atoms with Crippen molar-refractivity contribution in [3.8, 4) is 0 Å². The van der Waals surface area contributed by atoms with E-state index >= 15 is 0 Å². The van der Waals surface area contributed by atoms with Gasteiger partial charge in [0.15, 0.2) is 6.54 Å². The molecule has 3 aromatic rings. The van der Waals surface area contributed by atoms with Crippen molar-refractivity contribution in [2.24, 2.45) is 0 Å². The van der Waals surface area contributed by atoms with Gasteiger partial charge in [0.25, 0.3) is 5.01 Å². The lowest BCUT2D eigenvalue weighted by Crippen LogP contribution is -3.00. The second-order valence-corrected chi connectivity index (χ2v) is 16.4. The molecule has 0 fully saturated rings. The maximum atomic E-state index is 2.53. The minimum absolute atomic E-state index is 0. The van der Waals surface area contributed by atoms with E-state index in [0.29, 0.717) is 0 Å². The maximum absolute atomic E-state index is 2.53. The summed E-state index contributed by atoms with van der Waals surface area (Å²) in [6.45, 7) is 26.5. The predicted molar refractivity (Wildman–Crippen MR) is 227 cm³/mol. The monoisotopic (exact) mass is 966 g/mol. The lowest BCUT2D eigenvalue weighted by Gasteiger charge is -2.35. The molecule has 9 heteroatoms. The number of fused-ring (bicyclic) bond motifs is 2. The second kappa shape index (κ2) is 27.4. The summed E-state index contributed by atoms with van der Waals surface area (Å²) in [6, 6.07) is 17.8. The van der Waals surface area contributed by atoms with Crippen LogP contribution in [0.4, 0.5) is 5.69 Å². The van der Waals surface area contributed by atoms with Gasteiger partial charge in [0.05, 0.1) is 63.1 Å². The zero-order chi connectivity index (χ0) is 36.4. The van der Waals surface area contributed by atoms with Gasteiger partial charge >= 0.3 is 0 Å². The fraction of sp³-hybridized carbons (Fsp3) is 0.533. The number of halogens is 3. The minimum Gasteiger partial charge on any atom is -1.00 e. The molecule has 54 heavy (non-hydrogen) atoms. The zero-order valence-corrected chi connectivity index (χ0v) is 40.5. The molecule has 0 N–H and O–H groups in total. The Morgan fingerprint density at radius 2 is 1.13 bits per heavy atom. The van der Waals surface area contributed by atoms with Crippen LogP contribution in [0.15, 0.2) is 94.9 Å². The van der Waals surface area contributed by atoms with Crippen molar-refractivity contribution < 1.29 is 64.5 Å². The van der Waals surface area contributed by atoms with Crippen LogP contribution in [0.3, 0.4) is 0 Å².